The molecule has 2 aliphatic rings. The Labute approximate surface area is 172 Å². The van der Waals surface area contributed by atoms with Gasteiger partial charge >= 0.3 is 0 Å². The Kier molecular flexibility index (Phi) is 16.3. The van der Waals surface area contributed by atoms with E-state index in [4.69, 9.17) is 0 Å². The van der Waals surface area contributed by atoms with Crippen LogP contribution in [0.5, 0.6) is 0 Å². The van der Waals surface area contributed by atoms with Gasteiger partial charge in [-0.1, -0.05) is 123 Å². The fraction of sp³-hybridized carbons (Fsp3) is 0.630. The van der Waals surface area contributed by atoms with Gasteiger partial charge in [-0.2, -0.15) is 0 Å². The number of rotatable bonds is 3. The van der Waals surface area contributed by atoms with Crippen molar-refractivity contribution in [2.75, 3.05) is 0 Å². The third kappa shape index (κ3) is 8.50. The van der Waals surface area contributed by atoms with E-state index in [1.54, 1.807) is 0 Å². The first-order valence-electron chi connectivity index (χ1n) is 11.4. The molecule has 0 spiro atoms. The molecule has 1 saturated carbocycles. The van der Waals surface area contributed by atoms with Gasteiger partial charge in [-0.25, -0.2) is 0 Å². The fourth-order valence-corrected chi connectivity index (χ4v) is 3.75. The van der Waals surface area contributed by atoms with Crippen LogP contribution in [0.3, 0.4) is 0 Å². The van der Waals surface area contributed by atoms with Gasteiger partial charge in [0.2, 0.25) is 0 Å². The van der Waals surface area contributed by atoms with Crippen molar-refractivity contribution in [1.29, 1.82) is 0 Å². The van der Waals surface area contributed by atoms with Gasteiger partial charge in [0.05, 0.1) is 0 Å². The first-order valence-corrected chi connectivity index (χ1v) is 11.4. The van der Waals surface area contributed by atoms with Crippen LogP contribution in [0.1, 0.15) is 101 Å². The SMILES string of the molecule is C/C=C\C(=C/C)C1(C2=CC=CC(C)(C)C=C2)CCCCC1.CC.CC.CC. The van der Waals surface area contributed by atoms with Crippen molar-refractivity contribution in [2.45, 2.75) is 101 Å². The van der Waals surface area contributed by atoms with E-state index in [-0.39, 0.29) is 10.8 Å². The fourth-order valence-electron chi connectivity index (χ4n) is 3.75. The Bertz CT molecular complexity index is 500. The average Bonchev–Trinajstić information content (AvgIpc) is 2.92. The predicted octanol–water partition coefficient (Wildman–Crippen LogP) is 9.62. The summed E-state index contributed by atoms with van der Waals surface area (Å²) in [6, 6.07) is 0. The van der Waals surface area contributed by atoms with E-state index in [0.29, 0.717) is 0 Å². The molecule has 0 N–H and O–H groups in total. The third-order valence-corrected chi connectivity index (χ3v) is 4.96. The highest BCUT2D eigenvalue weighted by Crippen LogP contribution is 2.50. The standard InChI is InChI=1S/C21H30.3C2H6/c1-5-11-18(6-2)21(15-8-7-9-16-21)19-12-10-14-20(3,4)17-13-19;3*1-2/h5-6,10-14,17H,7-9,15-16H2,1-4H3;3*1-2H3/b11-5-,18-6+;;;. The molecule has 0 nitrogen and oxygen atoms in total. The molecule has 0 bridgehead atoms. The van der Waals surface area contributed by atoms with Crippen LogP contribution in [0.25, 0.3) is 0 Å². The maximum atomic E-state index is 2.39. The van der Waals surface area contributed by atoms with Crippen molar-refractivity contribution in [1.82, 2.24) is 0 Å². The Balaban J connectivity index is 0. The van der Waals surface area contributed by atoms with Gasteiger partial charge in [-0.3, -0.25) is 0 Å². The van der Waals surface area contributed by atoms with Gasteiger partial charge in [-0.15, -0.1) is 0 Å². The molecular formula is C27H48. The Morgan fingerprint density at radius 1 is 0.852 bits per heavy atom. The molecule has 0 aromatic heterocycles. The summed E-state index contributed by atoms with van der Waals surface area (Å²) in [7, 11) is 0. The van der Waals surface area contributed by atoms with Crippen molar-refractivity contribution in [3.63, 3.8) is 0 Å². The van der Waals surface area contributed by atoms with Crippen LogP contribution in [-0.2, 0) is 0 Å². The van der Waals surface area contributed by atoms with E-state index < -0.39 is 0 Å². The molecule has 0 saturated heterocycles. The zero-order valence-corrected chi connectivity index (χ0v) is 20.2. The zero-order valence-electron chi connectivity index (χ0n) is 20.2. The predicted molar refractivity (Wildman–Crippen MR) is 128 cm³/mol. The third-order valence-electron chi connectivity index (χ3n) is 4.96. The molecule has 0 radical (unpaired) electrons. The lowest BCUT2D eigenvalue weighted by Crippen LogP contribution is -2.28. The van der Waals surface area contributed by atoms with Gasteiger partial charge in [0.1, 0.15) is 0 Å². The summed E-state index contributed by atoms with van der Waals surface area (Å²) in [5, 5.41) is 0. The second kappa shape index (κ2) is 15.7. The molecule has 0 unspecified atom stereocenters. The average molecular weight is 373 g/mol. The van der Waals surface area contributed by atoms with Crippen molar-refractivity contribution in [3.8, 4) is 0 Å². The molecule has 0 aliphatic heterocycles. The largest absolute Gasteiger partial charge is 0.0874 e. The molecule has 2 rings (SSSR count). The lowest BCUT2D eigenvalue weighted by Gasteiger charge is -2.40. The van der Waals surface area contributed by atoms with Crippen LogP contribution in [0.4, 0.5) is 0 Å². The van der Waals surface area contributed by atoms with E-state index in [1.807, 2.05) is 41.5 Å². The molecule has 0 heterocycles. The van der Waals surface area contributed by atoms with E-state index in [9.17, 15) is 0 Å². The quantitative estimate of drug-likeness (QED) is 0.432. The van der Waals surface area contributed by atoms with Gasteiger partial charge in [0.25, 0.3) is 0 Å². The Morgan fingerprint density at radius 3 is 1.89 bits per heavy atom. The van der Waals surface area contributed by atoms with Crippen LogP contribution in [0, 0.1) is 10.8 Å². The molecule has 0 aromatic carbocycles. The number of hydrogen-bond acceptors (Lipinski definition) is 0. The summed E-state index contributed by atoms with van der Waals surface area (Å²) >= 11 is 0. The highest BCUT2D eigenvalue weighted by molar-refractivity contribution is 5.45. The highest BCUT2D eigenvalue weighted by Gasteiger charge is 2.37. The first kappa shape index (κ1) is 27.9. The summed E-state index contributed by atoms with van der Waals surface area (Å²) in [5.41, 5.74) is 3.37. The first-order chi connectivity index (χ1) is 13.0. The van der Waals surface area contributed by atoms with Gasteiger partial charge in [-0.05, 0) is 37.8 Å². The van der Waals surface area contributed by atoms with E-state index in [1.165, 1.54) is 43.3 Å². The highest BCUT2D eigenvalue weighted by atomic mass is 14.4. The Morgan fingerprint density at radius 2 is 1.41 bits per heavy atom. The van der Waals surface area contributed by atoms with E-state index in [0.717, 1.165) is 0 Å². The van der Waals surface area contributed by atoms with Crippen LogP contribution in [0.15, 0.2) is 59.8 Å². The minimum atomic E-state index is 0.158. The molecule has 1 fully saturated rings. The van der Waals surface area contributed by atoms with Crippen molar-refractivity contribution in [3.05, 3.63) is 59.8 Å². The van der Waals surface area contributed by atoms with Crippen LogP contribution in [-0.4, -0.2) is 0 Å². The lowest BCUT2D eigenvalue weighted by atomic mass is 9.64. The second-order valence-corrected chi connectivity index (χ2v) is 7.02. The molecule has 0 amide bonds. The topological polar surface area (TPSA) is 0 Å². The minimum Gasteiger partial charge on any atom is -0.0874 e. The van der Waals surface area contributed by atoms with E-state index in [2.05, 4.69) is 76.3 Å². The normalized spacial score (nSPS) is 20.1. The molecule has 156 valence electrons. The molecule has 0 atom stereocenters. The Hall–Kier alpha value is -1.30. The van der Waals surface area contributed by atoms with Crippen LogP contribution < -0.4 is 0 Å². The molecule has 27 heavy (non-hydrogen) atoms. The summed E-state index contributed by atoms with van der Waals surface area (Å²) in [4.78, 5) is 0. The van der Waals surface area contributed by atoms with Crippen LogP contribution >= 0.6 is 0 Å². The summed E-state index contributed by atoms with van der Waals surface area (Å²) < 4.78 is 0. The zero-order chi connectivity index (χ0) is 21.3. The summed E-state index contributed by atoms with van der Waals surface area (Å²) in [6.45, 7) is 20.9. The molecule has 0 aromatic rings. The summed E-state index contributed by atoms with van der Waals surface area (Å²) in [6.07, 6.45) is 25.1. The van der Waals surface area contributed by atoms with Gasteiger partial charge in [0.15, 0.2) is 0 Å². The van der Waals surface area contributed by atoms with Crippen LogP contribution in [0.2, 0.25) is 0 Å². The monoisotopic (exact) mass is 372 g/mol. The maximum Gasteiger partial charge on any atom is 0.0199 e. The smallest absolute Gasteiger partial charge is 0.0199 e. The summed E-state index contributed by atoms with van der Waals surface area (Å²) in [5.74, 6) is 0. The van der Waals surface area contributed by atoms with Crippen molar-refractivity contribution in [2.24, 2.45) is 10.8 Å². The molecular weight excluding hydrogens is 324 g/mol. The molecule has 2 aliphatic carbocycles. The van der Waals surface area contributed by atoms with Crippen molar-refractivity contribution < 1.29 is 0 Å². The second-order valence-electron chi connectivity index (χ2n) is 7.02. The van der Waals surface area contributed by atoms with Gasteiger partial charge < -0.3 is 0 Å². The maximum absolute atomic E-state index is 2.39. The number of allylic oxidation sites excluding steroid dienone is 10. The number of hydrogen-bond donors (Lipinski definition) is 0. The molecule has 0 heteroatoms. The van der Waals surface area contributed by atoms with E-state index >= 15 is 0 Å². The minimum absolute atomic E-state index is 0.158. The lowest BCUT2D eigenvalue weighted by molar-refractivity contribution is 0.300. The van der Waals surface area contributed by atoms with Gasteiger partial charge in [0, 0.05) is 10.8 Å². The van der Waals surface area contributed by atoms with Crippen molar-refractivity contribution >= 4 is 0 Å².